The number of likely N-dealkylation sites (N-methyl/N-ethyl adjacent to an activating group) is 1. The zero-order chi connectivity index (χ0) is 13.7. The van der Waals surface area contributed by atoms with E-state index in [-0.39, 0.29) is 17.5 Å². The number of aromatic hydroxyl groups is 1. The molecule has 0 fully saturated rings. The van der Waals surface area contributed by atoms with E-state index in [0.717, 1.165) is 24.1 Å². The Morgan fingerprint density at radius 1 is 1.16 bits per heavy atom. The Morgan fingerprint density at radius 2 is 1.95 bits per heavy atom. The summed E-state index contributed by atoms with van der Waals surface area (Å²) in [6.45, 7) is 0.763. The number of rotatable bonds is 5. The number of nitrogens with one attached hydrogen (secondary N) is 1. The standard InChI is InChI=1S/C16H18FNO/c1-18-11-14(13-5-3-6-15(17)10-13)8-12-4-2-7-16(19)9-12/h2-7,9-10,14,18-19H,8,11H2,1H3. The van der Waals surface area contributed by atoms with Crippen molar-refractivity contribution in [1.82, 2.24) is 5.32 Å². The van der Waals surface area contributed by atoms with Crippen molar-refractivity contribution in [2.75, 3.05) is 13.6 Å². The van der Waals surface area contributed by atoms with Gasteiger partial charge in [0, 0.05) is 12.5 Å². The van der Waals surface area contributed by atoms with E-state index in [4.69, 9.17) is 0 Å². The van der Waals surface area contributed by atoms with E-state index < -0.39 is 0 Å². The molecule has 0 radical (unpaired) electrons. The van der Waals surface area contributed by atoms with Crippen LogP contribution in [0.5, 0.6) is 5.75 Å². The summed E-state index contributed by atoms with van der Waals surface area (Å²) in [5.74, 6) is 0.233. The van der Waals surface area contributed by atoms with Crippen LogP contribution in [-0.4, -0.2) is 18.7 Å². The molecule has 0 amide bonds. The number of halogens is 1. The van der Waals surface area contributed by atoms with Crippen molar-refractivity contribution >= 4 is 0 Å². The Kier molecular flexibility index (Phi) is 4.53. The van der Waals surface area contributed by atoms with Crippen LogP contribution < -0.4 is 5.32 Å². The molecule has 0 aliphatic carbocycles. The second kappa shape index (κ2) is 6.34. The number of phenolic OH excluding ortho intramolecular Hbond substituents is 1. The van der Waals surface area contributed by atoms with Gasteiger partial charge in [0.15, 0.2) is 0 Å². The smallest absolute Gasteiger partial charge is 0.123 e. The first-order valence-electron chi connectivity index (χ1n) is 6.37. The van der Waals surface area contributed by atoms with Gasteiger partial charge in [-0.2, -0.15) is 0 Å². The molecule has 0 heterocycles. The van der Waals surface area contributed by atoms with Crippen molar-refractivity contribution in [2.24, 2.45) is 0 Å². The lowest BCUT2D eigenvalue weighted by molar-refractivity contribution is 0.474. The van der Waals surface area contributed by atoms with Crippen LogP contribution in [0.25, 0.3) is 0 Å². The average Bonchev–Trinajstić information content (AvgIpc) is 2.38. The maximum Gasteiger partial charge on any atom is 0.123 e. The molecule has 0 spiro atoms. The second-order valence-corrected chi connectivity index (χ2v) is 4.68. The molecule has 100 valence electrons. The minimum absolute atomic E-state index is 0.183. The van der Waals surface area contributed by atoms with E-state index in [2.05, 4.69) is 5.32 Å². The van der Waals surface area contributed by atoms with Gasteiger partial charge in [0.05, 0.1) is 0 Å². The molecule has 1 atom stereocenters. The SMILES string of the molecule is CNCC(Cc1cccc(O)c1)c1cccc(F)c1. The molecule has 2 aromatic carbocycles. The summed E-state index contributed by atoms with van der Waals surface area (Å²) in [5.41, 5.74) is 2.02. The molecular formula is C16H18FNO. The van der Waals surface area contributed by atoms with Crippen LogP contribution in [0.1, 0.15) is 17.0 Å². The number of hydrogen-bond donors (Lipinski definition) is 2. The molecule has 2 aromatic rings. The molecule has 1 unspecified atom stereocenters. The van der Waals surface area contributed by atoms with Crippen molar-refractivity contribution < 1.29 is 9.50 Å². The lowest BCUT2D eigenvalue weighted by Gasteiger charge is -2.17. The van der Waals surface area contributed by atoms with E-state index in [0.29, 0.717) is 0 Å². The van der Waals surface area contributed by atoms with Crippen LogP contribution in [0.4, 0.5) is 4.39 Å². The van der Waals surface area contributed by atoms with Crippen LogP contribution in [0.2, 0.25) is 0 Å². The predicted molar refractivity (Wildman–Crippen MR) is 74.9 cm³/mol. The number of phenols is 1. The van der Waals surface area contributed by atoms with Crippen LogP contribution in [0.15, 0.2) is 48.5 Å². The monoisotopic (exact) mass is 259 g/mol. The topological polar surface area (TPSA) is 32.3 Å². The van der Waals surface area contributed by atoms with Gasteiger partial charge >= 0.3 is 0 Å². The zero-order valence-electron chi connectivity index (χ0n) is 10.9. The molecule has 0 aliphatic rings. The quantitative estimate of drug-likeness (QED) is 0.865. The Labute approximate surface area is 112 Å². The highest BCUT2D eigenvalue weighted by Gasteiger charge is 2.12. The predicted octanol–water partition coefficient (Wildman–Crippen LogP) is 3.08. The van der Waals surface area contributed by atoms with Gasteiger partial charge in [-0.15, -0.1) is 0 Å². The van der Waals surface area contributed by atoms with Crippen molar-refractivity contribution in [2.45, 2.75) is 12.3 Å². The summed E-state index contributed by atoms with van der Waals surface area (Å²) < 4.78 is 13.3. The highest BCUT2D eigenvalue weighted by Crippen LogP contribution is 2.23. The van der Waals surface area contributed by atoms with Gasteiger partial charge in [-0.1, -0.05) is 24.3 Å². The molecule has 2 N–H and O–H groups in total. The van der Waals surface area contributed by atoms with E-state index in [1.54, 1.807) is 24.3 Å². The van der Waals surface area contributed by atoms with Gasteiger partial charge in [0.1, 0.15) is 11.6 Å². The fourth-order valence-electron chi connectivity index (χ4n) is 2.28. The Morgan fingerprint density at radius 3 is 2.63 bits per heavy atom. The molecular weight excluding hydrogens is 241 g/mol. The summed E-state index contributed by atoms with van der Waals surface area (Å²) >= 11 is 0. The summed E-state index contributed by atoms with van der Waals surface area (Å²) in [6, 6.07) is 13.9. The second-order valence-electron chi connectivity index (χ2n) is 4.68. The van der Waals surface area contributed by atoms with Gasteiger partial charge in [-0.3, -0.25) is 0 Å². The van der Waals surface area contributed by atoms with E-state index in [1.165, 1.54) is 6.07 Å². The van der Waals surface area contributed by atoms with Crippen LogP contribution in [-0.2, 0) is 6.42 Å². The minimum Gasteiger partial charge on any atom is -0.508 e. The third kappa shape index (κ3) is 3.80. The molecule has 0 bridgehead atoms. The average molecular weight is 259 g/mol. The normalized spacial score (nSPS) is 12.3. The number of hydrogen-bond acceptors (Lipinski definition) is 2. The van der Waals surface area contributed by atoms with E-state index >= 15 is 0 Å². The first kappa shape index (κ1) is 13.6. The molecule has 19 heavy (non-hydrogen) atoms. The summed E-state index contributed by atoms with van der Waals surface area (Å²) in [4.78, 5) is 0. The van der Waals surface area contributed by atoms with Crippen molar-refractivity contribution in [3.63, 3.8) is 0 Å². The van der Waals surface area contributed by atoms with Gasteiger partial charge in [0.2, 0.25) is 0 Å². The summed E-state index contributed by atoms with van der Waals surface area (Å²) in [5, 5.41) is 12.6. The zero-order valence-corrected chi connectivity index (χ0v) is 10.9. The van der Waals surface area contributed by atoms with Crippen LogP contribution in [0, 0.1) is 5.82 Å². The maximum absolute atomic E-state index is 13.3. The maximum atomic E-state index is 13.3. The van der Waals surface area contributed by atoms with Crippen molar-refractivity contribution in [3.05, 3.63) is 65.5 Å². The van der Waals surface area contributed by atoms with Gasteiger partial charge < -0.3 is 10.4 Å². The third-order valence-electron chi connectivity index (χ3n) is 3.16. The lowest BCUT2D eigenvalue weighted by atomic mass is 9.92. The first-order chi connectivity index (χ1) is 9.19. The third-order valence-corrected chi connectivity index (χ3v) is 3.16. The molecule has 2 nitrogen and oxygen atoms in total. The molecule has 2 rings (SSSR count). The summed E-state index contributed by atoms with van der Waals surface area (Å²) in [6.07, 6.45) is 0.763. The molecule has 0 aromatic heterocycles. The molecule has 0 saturated carbocycles. The van der Waals surface area contributed by atoms with Gasteiger partial charge in [-0.05, 0) is 48.9 Å². The Hall–Kier alpha value is -1.87. The van der Waals surface area contributed by atoms with Crippen LogP contribution in [0.3, 0.4) is 0 Å². The van der Waals surface area contributed by atoms with Gasteiger partial charge in [0.25, 0.3) is 0 Å². The van der Waals surface area contributed by atoms with Crippen molar-refractivity contribution in [3.8, 4) is 5.75 Å². The van der Waals surface area contributed by atoms with Crippen molar-refractivity contribution in [1.29, 1.82) is 0 Å². The molecule has 3 heteroatoms. The fourth-order valence-corrected chi connectivity index (χ4v) is 2.28. The Bertz CT molecular complexity index is 542. The number of benzene rings is 2. The van der Waals surface area contributed by atoms with E-state index in [9.17, 15) is 9.50 Å². The Balaban J connectivity index is 2.21. The molecule has 0 saturated heterocycles. The lowest BCUT2D eigenvalue weighted by Crippen LogP contribution is -2.19. The highest BCUT2D eigenvalue weighted by atomic mass is 19.1. The fraction of sp³-hybridized carbons (Fsp3) is 0.250. The van der Waals surface area contributed by atoms with Crippen LogP contribution >= 0.6 is 0 Å². The first-order valence-corrected chi connectivity index (χ1v) is 6.37. The minimum atomic E-state index is -0.213. The van der Waals surface area contributed by atoms with Gasteiger partial charge in [-0.25, -0.2) is 4.39 Å². The molecule has 0 aliphatic heterocycles. The largest absolute Gasteiger partial charge is 0.508 e. The van der Waals surface area contributed by atoms with E-state index in [1.807, 2.05) is 25.2 Å². The highest BCUT2D eigenvalue weighted by molar-refractivity contribution is 5.30. The summed E-state index contributed by atoms with van der Waals surface area (Å²) in [7, 11) is 1.88.